The third-order valence-corrected chi connectivity index (χ3v) is 3.94. The van der Waals surface area contributed by atoms with Crippen LogP contribution in [0.25, 0.3) is 0 Å². The summed E-state index contributed by atoms with van der Waals surface area (Å²) in [4.78, 5) is 24.2. The Labute approximate surface area is 145 Å². The average molecular weight is 334 g/mol. The highest BCUT2D eigenvalue weighted by Gasteiger charge is 2.25. The van der Waals surface area contributed by atoms with Crippen molar-refractivity contribution in [3.8, 4) is 0 Å². The predicted octanol–water partition coefficient (Wildman–Crippen LogP) is 3.20. The molecule has 5 heteroatoms. The minimum absolute atomic E-state index is 0.0196. The topological polar surface area (TPSA) is 67.4 Å². The predicted molar refractivity (Wildman–Crippen MR) is 95.9 cm³/mol. The fraction of sp³-hybridized carbons (Fsp3) is 0.579. The molecule has 0 saturated carbocycles. The number of aryl methyl sites for hydroxylation is 1. The van der Waals surface area contributed by atoms with Crippen LogP contribution in [0.2, 0.25) is 0 Å². The second-order valence-corrected chi connectivity index (χ2v) is 6.52. The lowest BCUT2D eigenvalue weighted by molar-refractivity contribution is -0.124. The highest BCUT2D eigenvalue weighted by Crippen LogP contribution is 2.06. The molecule has 5 nitrogen and oxygen atoms in total. The minimum atomic E-state index is -0.598. The summed E-state index contributed by atoms with van der Waals surface area (Å²) in [5.74, 6) is -0.202. The Hall–Kier alpha value is -2.04. The molecule has 0 saturated heterocycles. The molecule has 1 rings (SSSR count). The van der Waals surface area contributed by atoms with Crippen molar-refractivity contribution in [3.05, 3.63) is 35.4 Å². The molecule has 0 aliphatic heterocycles. The van der Waals surface area contributed by atoms with Gasteiger partial charge in [0.1, 0.15) is 12.1 Å². The molecule has 2 amide bonds. The summed E-state index contributed by atoms with van der Waals surface area (Å²) in [6.45, 7) is 10.1. The van der Waals surface area contributed by atoms with E-state index in [9.17, 15) is 9.59 Å². The number of carbonyl (C=O) groups is 2. The Kier molecular flexibility index (Phi) is 8.30. The van der Waals surface area contributed by atoms with Gasteiger partial charge in [-0.1, -0.05) is 50.6 Å². The molecule has 2 atom stereocenters. The van der Waals surface area contributed by atoms with E-state index in [0.717, 1.165) is 12.8 Å². The quantitative estimate of drug-likeness (QED) is 0.767. The lowest BCUT2D eigenvalue weighted by Crippen LogP contribution is -2.50. The molecule has 1 aromatic carbocycles. The molecule has 134 valence electrons. The lowest BCUT2D eigenvalue weighted by Gasteiger charge is -2.22. The van der Waals surface area contributed by atoms with E-state index in [0.29, 0.717) is 6.54 Å². The molecular weight excluding hydrogens is 304 g/mol. The van der Waals surface area contributed by atoms with Gasteiger partial charge >= 0.3 is 6.09 Å². The van der Waals surface area contributed by atoms with Crippen LogP contribution in [-0.4, -0.2) is 30.7 Å². The molecule has 0 bridgehead atoms. The Balaban J connectivity index is 2.48. The van der Waals surface area contributed by atoms with Gasteiger partial charge in [-0.3, -0.25) is 4.79 Å². The Bertz CT molecular complexity index is 526. The minimum Gasteiger partial charge on any atom is -0.447 e. The van der Waals surface area contributed by atoms with Gasteiger partial charge in [-0.05, 0) is 38.2 Å². The summed E-state index contributed by atoms with van der Waals surface area (Å²) in [7, 11) is 0. The second-order valence-electron chi connectivity index (χ2n) is 6.52. The first kappa shape index (κ1) is 20.0. The van der Waals surface area contributed by atoms with Crippen LogP contribution >= 0.6 is 0 Å². The maximum atomic E-state index is 12.3. The summed E-state index contributed by atoms with van der Waals surface area (Å²) in [5.41, 5.74) is 2.39. The maximum absolute atomic E-state index is 12.3. The summed E-state index contributed by atoms with van der Waals surface area (Å²) in [6.07, 6.45) is 0.788. The third kappa shape index (κ3) is 7.02. The average Bonchev–Trinajstić information content (AvgIpc) is 2.53. The van der Waals surface area contributed by atoms with Crippen molar-refractivity contribution >= 4 is 12.0 Å². The van der Waals surface area contributed by atoms with Crippen LogP contribution < -0.4 is 10.6 Å². The summed E-state index contributed by atoms with van der Waals surface area (Å²) < 4.78 is 5.19. The number of amides is 2. The van der Waals surface area contributed by atoms with E-state index < -0.39 is 12.1 Å². The van der Waals surface area contributed by atoms with Gasteiger partial charge in [0.2, 0.25) is 5.91 Å². The smallest absolute Gasteiger partial charge is 0.408 e. The second kappa shape index (κ2) is 9.96. The van der Waals surface area contributed by atoms with Crippen LogP contribution in [0, 0.1) is 12.8 Å². The molecule has 0 aliphatic carbocycles. The maximum Gasteiger partial charge on any atom is 0.408 e. The van der Waals surface area contributed by atoms with Crippen LogP contribution in [0.5, 0.6) is 0 Å². The first-order chi connectivity index (χ1) is 11.3. The van der Waals surface area contributed by atoms with Crippen molar-refractivity contribution in [1.29, 1.82) is 0 Å². The molecule has 0 fully saturated rings. The molecule has 24 heavy (non-hydrogen) atoms. The first-order valence-corrected chi connectivity index (χ1v) is 8.63. The van der Waals surface area contributed by atoms with Gasteiger partial charge in [0.05, 0.1) is 0 Å². The van der Waals surface area contributed by atoms with Crippen molar-refractivity contribution < 1.29 is 14.3 Å². The van der Waals surface area contributed by atoms with Crippen molar-refractivity contribution in [2.75, 3.05) is 6.54 Å². The number of hydrogen-bond acceptors (Lipinski definition) is 3. The number of alkyl carbamates (subject to hydrolysis) is 1. The first-order valence-electron chi connectivity index (χ1n) is 8.63. The van der Waals surface area contributed by atoms with Crippen molar-refractivity contribution in [2.24, 2.45) is 5.92 Å². The van der Waals surface area contributed by atoms with Crippen LogP contribution in [0.15, 0.2) is 24.3 Å². The standard InChI is InChI=1S/C19H30N2O3/c1-6-15(5)24-19(23)21-17(13(2)3)18(22)20-12-11-16-9-7-14(4)8-10-16/h7-10,13,15,17H,6,11-12H2,1-5H3,(H,20,22)(H,21,23)/t15?,17-/m0/s1. The number of rotatable bonds is 8. The SMILES string of the molecule is CCC(C)OC(=O)N[C@H](C(=O)NCCc1ccc(C)cc1)C(C)C. The fourth-order valence-corrected chi connectivity index (χ4v) is 2.16. The van der Waals surface area contributed by atoms with Crippen molar-refractivity contribution in [3.63, 3.8) is 0 Å². The Morgan fingerprint density at radius 2 is 1.75 bits per heavy atom. The zero-order chi connectivity index (χ0) is 18.1. The molecule has 0 aliphatic rings. The van der Waals surface area contributed by atoms with Crippen molar-refractivity contribution in [2.45, 2.75) is 59.6 Å². The Morgan fingerprint density at radius 3 is 2.29 bits per heavy atom. The molecule has 0 heterocycles. The number of ether oxygens (including phenoxy) is 1. The van der Waals surface area contributed by atoms with Crippen LogP contribution in [-0.2, 0) is 16.0 Å². The van der Waals surface area contributed by atoms with E-state index in [-0.39, 0.29) is 17.9 Å². The lowest BCUT2D eigenvalue weighted by atomic mass is 10.0. The van der Waals surface area contributed by atoms with Gasteiger partial charge < -0.3 is 15.4 Å². The van der Waals surface area contributed by atoms with E-state index in [1.807, 2.05) is 34.6 Å². The van der Waals surface area contributed by atoms with Crippen LogP contribution in [0.3, 0.4) is 0 Å². The number of benzene rings is 1. The Morgan fingerprint density at radius 1 is 1.12 bits per heavy atom. The van der Waals surface area contributed by atoms with Crippen LogP contribution in [0.4, 0.5) is 4.79 Å². The number of carbonyl (C=O) groups excluding carboxylic acids is 2. The van der Waals surface area contributed by atoms with Gasteiger partial charge in [0, 0.05) is 6.54 Å². The molecular formula is C19H30N2O3. The molecule has 1 aromatic rings. The molecule has 0 spiro atoms. The van der Waals surface area contributed by atoms with Gasteiger partial charge in [-0.25, -0.2) is 4.79 Å². The van der Waals surface area contributed by atoms with E-state index in [2.05, 4.69) is 34.9 Å². The van der Waals surface area contributed by atoms with Gasteiger partial charge in [-0.15, -0.1) is 0 Å². The number of nitrogens with one attached hydrogen (secondary N) is 2. The monoisotopic (exact) mass is 334 g/mol. The largest absolute Gasteiger partial charge is 0.447 e. The molecule has 1 unspecified atom stereocenters. The summed E-state index contributed by atoms with van der Waals surface area (Å²) in [5, 5.41) is 5.56. The van der Waals surface area contributed by atoms with Gasteiger partial charge in [0.25, 0.3) is 0 Å². The summed E-state index contributed by atoms with van der Waals surface area (Å²) >= 11 is 0. The zero-order valence-electron chi connectivity index (χ0n) is 15.4. The molecule has 2 N–H and O–H groups in total. The molecule has 0 aromatic heterocycles. The van der Waals surface area contributed by atoms with Gasteiger partial charge in [-0.2, -0.15) is 0 Å². The van der Waals surface area contributed by atoms with E-state index in [1.165, 1.54) is 11.1 Å². The summed E-state index contributed by atoms with van der Waals surface area (Å²) in [6, 6.07) is 7.63. The zero-order valence-corrected chi connectivity index (χ0v) is 15.4. The van der Waals surface area contributed by atoms with Crippen LogP contribution in [0.1, 0.15) is 45.2 Å². The highest BCUT2D eigenvalue weighted by molar-refractivity contribution is 5.85. The van der Waals surface area contributed by atoms with Gasteiger partial charge in [0.15, 0.2) is 0 Å². The number of hydrogen-bond donors (Lipinski definition) is 2. The van der Waals surface area contributed by atoms with E-state index in [4.69, 9.17) is 4.74 Å². The molecule has 0 radical (unpaired) electrons. The van der Waals surface area contributed by atoms with Crippen molar-refractivity contribution in [1.82, 2.24) is 10.6 Å². The highest BCUT2D eigenvalue weighted by atomic mass is 16.6. The fourth-order valence-electron chi connectivity index (χ4n) is 2.16. The third-order valence-electron chi connectivity index (χ3n) is 3.94. The van der Waals surface area contributed by atoms with E-state index >= 15 is 0 Å². The normalized spacial score (nSPS) is 13.2. The van der Waals surface area contributed by atoms with E-state index in [1.54, 1.807) is 0 Å².